The molecule has 0 atom stereocenters. The van der Waals surface area contributed by atoms with Gasteiger partial charge in [-0.15, -0.1) is 0 Å². The van der Waals surface area contributed by atoms with Crippen molar-refractivity contribution in [3.8, 4) is 0 Å². The highest BCUT2D eigenvalue weighted by Gasteiger charge is 2.36. The van der Waals surface area contributed by atoms with Crippen molar-refractivity contribution >= 4 is 21.7 Å². The first-order valence-electron chi connectivity index (χ1n) is 4.54. The molecule has 0 aliphatic rings. The number of carbonyl (C=O) groups is 1. The first-order chi connectivity index (χ1) is 6.84. The van der Waals surface area contributed by atoms with E-state index in [2.05, 4.69) is 15.9 Å². The molecular formula is C11H11BrF2O. The summed E-state index contributed by atoms with van der Waals surface area (Å²) in [4.78, 5) is 7.91. The number of Topliss-reactive ketones (excluding diaryl/α,β-unsaturated/α-hetero) is 1. The zero-order chi connectivity index (χ0) is 11.6. The minimum absolute atomic E-state index is 0.0417. The molecule has 0 radical (unpaired) electrons. The van der Waals surface area contributed by atoms with Crippen molar-refractivity contribution < 1.29 is 13.6 Å². The van der Waals surface area contributed by atoms with E-state index in [0.717, 1.165) is 0 Å². The molecule has 0 saturated carbocycles. The van der Waals surface area contributed by atoms with Gasteiger partial charge in [-0.3, -0.25) is 4.79 Å². The fourth-order valence-corrected chi connectivity index (χ4v) is 1.57. The lowest BCUT2D eigenvalue weighted by atomic mass is 9.95. The lowest BCUT2D eigenvalue weighted by Gasteiger charge is -2.13. The van der Waals surface area contributed by atoms with Crippen LogP contribution in [0.25, 0.3) is 0 Å². The molecule has 0 heterocycles. The van der Waals surface area contributed by atoms with E-state index >= 15 is 0 Å². The summed E-state index contributed by atoms with van der Waals surface area (Å²) < 4.78 is 25.6. The van der Waals surface area contributed by atoms with Crippen molar-refractivity contribution in [2.45, 2.75) is 24.6 Å². The second-order valence-corrected chi connectivity index (χ2v) is 4.56. The van der Waals surface area contributed by atoms with E-state index in [0.29, 0.717) is 5.56 Å². The van der Waals surface area contributed by atoms with Gasteiger partial charge in [0.05, 0.1) is 0 Å². The van der Waals surface area contributed by atoms with Gasteiger partial charge in [0.2, 0.25) is 5.78 Å². The van der Waals surface area contributed by atoms with Gasteiger partial charge in [0.15, 0.2) is 0 Å². The van der Waals surface area contributed by atoms with E-state index in [1.807, 2.05) is 13.8 Å². The third kappa shape index (κ3) is 2.84. The predicted molar refractivity (Wildman–Crippen MR) is 58.7 cm³/mol. The maximum absolute atomic E-state index is 12.8. The lowest BCUT2D eigenvalue weighted by Crippen LogP contribution is -2.22. The van der Waals surface area contributed by atoms with Gasteiger partial charge in [0.1, 0.15) is 0 Å². The molecule has 1 nitrogen and oxygen atoms in total. The Morgan fingerprint density at radius 3 is 2.33 bits per heavy atom. The van der Waals surface area contributed by atoms with Gasteiger partial charge < -0.3 is 0 Å². The topological polar surface area (TPSA) is 17.1 Å². The van der Waals surface area contributed by atoms with Crippen LogP contribution < -0.4 is 0 Å². The molecule has 0 bridgehead atoms. The van der Waals surface area contributed by atoms with Gasteiger partial charge in [0.25, 0.3) is 0 Å². The highest BCUT2D eigenvalue weighted by molar-refractivity contribution is 9.10. The van der Waals surface area contributed by atoms with Gasteiger partial charge in [-0.2, -0.15) is 8.78 Å². The van der Waals surface area contributed by atoms with Crippen LogP contribution in [0.5, 0.6) is 0 Å². The van der Waals surface area contributed by atoms with Gasteiger partial charge in [-0.05, 0) is 27.4 Å². The standard InChI is InChI=1S/C11H11BrF2O/c1-7(2)8-5-3-4-6-9(8)10(15)11(12,13)14/h3-7H,1-2H3. The molecular weight excluding hydrogens is 266 g/mol. The first-order valence-corrected chi connectivity index (χ1v) is 5.33. The second kappa shape index (κ2) is 4.39. The Labute approximate surface area is 95.6 Å². The SMILES string of the molecule is CC(C)c1ccccc1C(=O)C(F)(F)Br. The van der Waals surface area contributed by atoms with Gasteiger partial charge in [-0.1, -0.05) is 38.1 Å². The number of halogens is 3. The van der Waals surface area contributed by atoms with Crippen LogP contribution in [0.2, 0.25) is 0 Å². The summed E-state index contributed by atoms with van der Waals surface area (Å²) in [6, 6.07) is 6.43. The number of hydrogen-bond acceptors (Lipinski definition) is 1. The molecule has 1 aromatic carbocycles. The number of carbonyl (C=O) groups excluding carboxylic acids is 1. The fourth-order valence-electron chi connectivity index (χ4n) is 1.36. The quantitative estimate of drug-likeness (QED) is 0.603. The normalized spacial score (nSPS) is 11.9. The van der Waals surface area contributed by atoms with Crippen molar-refractivity contribution in [2.24, 2.45) is 0 Å². The molecule has 0 aliphatic heterocycles. The van der Waals surface area contributed by atoms with Crippen LogP contribution >= 0.6 is 15.9 Å². The van der Waals surface area contributed by atoms with E-state index in [4.69, 9.17) is 0 Å². The average molecular weight is 277 g/mol. The van der Waals surface area contributed by atoms with E-state index in [1.165, 1.54) is 6.07 Å². The molecule has 0 unspecified atom stereocenters. The highest BCUT2D eigenvalue weighted by Crippen LogP contribution is 2.30. The fraction of sp³-hybridized carbons (Fsp3) is 0.364. The Hall–Kier alpha value is -0.770. The minimum Gasteiger partial charge on any atom is -0.286 e. The molecule has 1 rings (SSSR count). The minimum atomic E-state index is -3.49. The smallest absolute Gasteiger partial charge is 0.286 e. The van der Waals surface area contributed by atoms with E-state index in [9.17, 15) is 13.6 Å². The zero-order valence-electron chi connectivity index (χ0n) is 8.43. The second-order valence-electron chi connectivity index (χ2n) is 3.57. The van der Waals surface area contributed by atoms with Crippen LogP contribution in [0.4, 0.5) is 8.78 Å². The van der Waals surface area contributed by atoms with Crippen molar-refractivity contribution in [2.75, 3.05) is 0 Å². The van der Waals surface area contributed by atoms with E-state index in [1.54, 1.807) is 18.2 Å². The Balaban J connectivity index is 3.20. The van der Waals surface area contributed by atoms with Gasteiger partial charge >= 0.3 is 4.83 Å². The largest absolute Gasteiger partial charge is 0.363 e. The van der Waals surface area contributed by atoms with Crippen molar-refractivity contribution in [1.29, 1.82) is 0 Å². The van der Waals surface area contributed by atoms with Crippen molar-refractivity contribution in [3.05, 3.63) is 35.4 Å². The summed E-state index contributed by atoms with van der Waals surface area (Å²) in [6.07, 6.45) is 0. The molecule has 0 N–H and O–H groups in total. The molecule has 4 heteroatoms. The van der Waals surface area contributed by atoms with E-state index in [-0.39, 0.29) is 11.5 Å². The zero-order valence-corrected chi connectivity index (χ0v) is 10.0. The highest BCUT2D eigenvalue weighted by atomic mass is 79.9. The Kier molecular flexibility index (Phi) is 3.60. The number of rotatable bonds is 3. The molecule has 82 valence electrons. The molecule has 0 spiro atoms. The van der Waals surface area contributed by atoms with Gasteiger partial charge in [-0.25, -0.2) is 0 Å². The maximum Gasteiger partial charge on any atom is 0.363 e. The maximum atomic E-state index is 12.8. The summed E-state index contributed by atoms with van der Waals surface area (Å²) in [6.45, 7) is 3.72. The van der Waals surface area contributed by atoms with Crippen LogP contribution in [-0.4, -0.2) is 10.6 Å². The van der Waals surface area contributed by atoms with Crippen molar-refractivity contribution in [1.82, 2.24) is 0 Å². The lowest BCUT2D eigenvalue weighted by molar-refractivity contribution is 0.0591. The van der Waals surface area contributed by atoms with Crippen LogP contribution in [0.15, 0.2) is 24.3 Å². The summed E-state index contributed by atoms with van der Waals surface area (Å²) in [5, 5.41) is 0. The summed E-state index contributed by atoms with van der Waals surface area (Å²) in [5.41, 5.74) is 0.719. The predicted octanol–water partition coefficient (Wildman–Crippen LogP) is 3.98. The molecule has 0 fully saturated rings. The summed E-state index contributed by atoms with van der Waals surface area (Å²) in [7, 11) is 0. The molecule has 0 saturated heterocycles. The number of benzene rings is 1. The summed E-state index contributed by atoms with van der Waals surface area (Å²) in [5.74, 6) is -1.15. The van der Waals surface area contributed by atoms with E-state index < -0.39 is 10.6 Å². The number of alkyl halides is 3. The number of hydrogen-bond donors (Lipinski definition) is 0. The Bertz CT molecular complexity index is 369. The molecule has 0 aliphatic carbocycles. The van der Waals surface area contributed by atoms with Gasteiger partial charge in [0, 0.05) is 5.56 Å². The summed E-state index contributed by atoms with van der Waals surface area (Å²) >= 11 is 2.08. The van der Waals surface area contributed by atoms with Crippen molar-refractivity contribution in [3.63, 3.8) is 0 Å². The Morgan fingerprint density at radius 2 is 1.87 bits per heavy atom. The van der Waals surface area contributed by atoms with Crippen LogP contribution in [-0.2, 0) is 0 Å². The molecule has 0 aromatic heterocycles. The monoisotopic (exact) mass is 276 g/mol. The van der Waals surface area contributed by atoms with Crippen LogP contribution in [0.1, 0.15) is 35.7 Å². The molecule has 0 amide bonds. The van der Waals surface area contributed by atoms with Crippen LogP contribution in [0, 0.1) is 0 Å². The third-order valence-electron chi connectivity index (χ3n) is 2.08. The molecule has 1 aromatic rings. The first kappa shape index (κ1) is 12.3. The third-order valence-corrected chi connectivity index (χ3v) is 2.45. The average Bonchev–Trinajstić information content (AvgIpc) is 2.15. The number of ketones is 1. The molecule has 15 heavy (non-hydrogen) atoms. The Morgan fingerprint density at radius 1 is 1.33 bits per heavy atom. The van der Waals surface area contributed by atoms with Crippen LogP contribution in [0.3, 0.4) is 0 Å².